The number of fused-ring (bicyclic) bond motifs is 1. The molecule has 0 fully saturated rings. The van der Waals surface area contributed by atoms with Gasteiger partial charge in [-0.05, 0) is 61.0 Å². The number of benzene rings is 3. The molecule has 1 aromatic heterocycles. The van der Waals surface area contributed by atoms with Gasteiger partial charge in [-0.1, -0.05) is 29.8 Å². The Kier molecular flexibility index (Phi) is 6.43. The molecule has 0 spiro atoms. The molecule has 0 saturated heterocycles. The number of aryl methyl sites for hydroxylation is 1. The highest BCUT2D eigenvalue weighted by Gasteiger charge is 2.30. The molecule has 1 atom stereocenters. The van der Waals surface area contributed by atoms with Gasteiger partial charge in [0.15, 0.2) is 6.10 Å². The predicted molar refractivity (Wildman–Crippen MR) is 135 cm³/mol. The van der Waals surface area contributed by atoms with E-state index < -0.39 is 6.10 Å². The van der Waals surface area contributed by atoms with Crippen molar-refractivity contribution >= 4 is 17.4 Å². The van der Waals surface area contributed by atoms with Crippen molar-refractivity contribution in [2.24, 2.45) is 0 Å². The number of aliphatic hydroxyl groups excluding tert-OH is 1. The number of carbonyl (C=O) groups excluding carboxylic acids is 1. The van der Waals surface area contributed by atoms with E-state index in [-0.39, 0.29) is 18.3 Å². The lowest BCUT2D eigenvalue weighted by Crippen LogP contribution is -2.41. The smallest absolute Gasteiger partial charge is 0.256 e. The van der Waals surface area contributed by atoms with E-state index in [0.717, 1.165) is 22.6 Å². The summed E-state index contributed by atoms with van der Waals surface area (Å²) >= 11 is 0. The predicted octanol–water partition coefficient (Wildman–Crippen LogP) is 4.83. The largest absolute Gasteiger partial charge is 0.497 e. The molecule has 2 N–H and O–H groups in total. The highest BCUT2D eigenvalue weighted by atomic mass is 19.1. The molecule has 8 heteroatoms. The average Bonchev–Trinajstić information content (AvgIpc) is 3.27. The third kappa shape index (κ3) is 4.67. The summed E-state index contributed by atoms with van der Waals surface area (Å²) in [7, 11) is 1.56. The van der Waals surface area contributed by atoms with Crippen molar-refractivity contribution in [3.8, 4) is 17.0 Å². The van der Waals surface area contributed by atoms with Gasteiger partial charge >= 0.3 is 0 Å². The van der Waals surface area contributed by atoms with E-state index in [0.29, 0.717) is 35.9 Å². The van der Waals surface area contributed by atoms with Crippen molar-refractivity contribution in [3.63, 3.8) is 0 Å². The first-order chi connectivity index (χ1) is 17.4. The number of anilines is 2. The Bertz CT molecular complexity index is 1370. The summed E-state index contributed by atoms with van der Waals surface area (Å²) < 4.78 is 20.8. The summed E-state index contributed by atoms with van der Waals surface area (Å²) in [6.45, 7) is 3.19. The van der Waals surface area contributed by atoms with Crippen LogP contribution in [0.5, 0.6) is 5.75 Å². The lowest BCUT2D eigenvalue weighted by molar-refractivity contribution is -0.142. The summed E-state index contributed by atoms with van der Waals surface area (Å²) in [5.41, 5.74) is 4.00. The normalized spacial score (nSPS) is 13.7. The van der Waals surface area contributed by atoms with Crippen LogP contribution in [0.2, 0.25) is 0 Å². The van der Waals surface area contributed by atoms with Crippen LogP contribution in [0.1, 0.15) is 23.1 Å². The highest BCUT2D eigenvalue weighted by molar-refractivity contribution is 5.82. The fourth-order valence-electron chi connectivity index (χ4n) is 4.33. The second-order valence-corrected chi connectivity index (χ2v) is 8.81. The number of imidazole rings is 1. The van der Waals surface area contributed by atoms with Gasteiger partial charge in [0.05, 0.1) is 13.7 Å². The number of hydrogen-bond acceptors (Lipinski definition) is 5. The van der Waals surface area contributed by atoms with Crippen molar-refractivity contribution < 1.29 is 19.0 Å². The van der Waals surface area contributed by atoms with Crippen molar-refractivity contribution in [1.29, 1.82) is 0 Å². The molecular formula is C28H27FN4O3. The summed E-state index contributed by atoms with van der Waals surface area (Å²) in [6.07, 6.45) is -1.28. The monoisotopic (exact) mass is 486 g/mol. The van der Waals surface area contributed by atoms with Gasteiger partial charge in [-0.3, -0.25) is 4.79 Å². The second-order valence-electron chi connectivity index (χ2n) is 8.81. The Balaban J connectivity index is 1.44. The fraction of sp³-hybridized carbons (Fsp3) is 0.214. The van der Waals surface area contributed by atoms with Crippen LogP contribution in [0.3, 0.4) is 0 Å². The van der Waals surface area contributed by atoms with Crippen LogP contribution >= 0.6 is 0 Å². The van der Waals surface area contributed by atoms with Gasteiger partial charge < -0.3 is 24.6 Å². The van der Waals surface area contributed by atoms with Crippen molar-refractivity contribution in [2.45, 2.75) is 26.1 Å². The molecule has 184 valence electrons. The topological polar surface area (TPSA) is 79.6 Å². The molecule has 0 radical (unpaired) electrons. The summed E-state index contributed by atoms with van der Waals surface area (Å²) in [5, 5.41) is 14.2. The standard InChI is InChI=1S/C28H27FN4O3/c1-18-3-11-22(12-4-18)30-27-25(19-5-9-21(29)10-6-19)31-24-17-32(15-16-33(24)27)28(35)26(34)20-7-13-23(36-2)14-8-20/h3-14,26,30,34H,15-17H2,1-2H3. The van der Waals surface area contributed by atoms with Crippen LogP contribution in [-0.4, -0.2) is 39.1 Å². The van der Waals surface area contributed by atoms with Crippen molar-refractivity contribution in [3.05, 3.63) is 95.6 Å². The maximum absolute atomic E-state index is 13.6. The van der Waals surface area contributed by atoms with Crippen LogP contribution in [0.4, 0.5) is 15.9 Å². The van der Waals surface area contributed by atoms with Gasteiger partial charge in [0.25, 0.3) is 5.91 Å². The Hall–Kier alpha value is -4.17. The Morgan fingerprint density at radius 3 is 2.39 bits per heavy atom. The lowest BCUT2D eigenvalue weighted by Gasteiger charge is -2.30. The number of aliphatic hydroxyl groups is 1. The lowest BCUT2D eigenvalue weighted by atomic mass is 10.1. The van der Waals surface area contributed by atoms with E-state index in [1.165, 1.54) is 12.1 Å². The van der Waals surface area contributed by atoms with E-state index in [4.69, 9.17) is 9.72 Å². The van der Waals surface area contributed by atoms with Gasteiger partial charge in [0.2, 0.25) is 0 Å². The molecule has 1 aliphatic rings. The number of nitrogens with zero attached hydrogens (tertiary/aromatic N) is 3. The van der Waals surface area contributed by atoms with E-state index in [2.05, 4.69) is 5.32 Å². The molecular weight excluding hydrogens is 459 g/mol. The Morgan fingerprint density at radius 2 is 1.72 bits per heavy atom. The van der Waals surface area contributed by atoms with Crippen LogP contribution in [0.15, 0.2) is 72.8 Å². The van der Waals surface area contributed by atoms with Crippen molar-refractivity contribution in [2.75, 3.05) is 19.0 Å². The molecule has 5 rings (SSSR count). The third-order valence-corrected chi connectivity index (χ3v) is 6.38. The molecule has 3 aromatic carbocycles. The SMILES string of the molecule is COc1ccc(C(O)C(=O)N2CCn3c(nc(-c4ccc(F)cc4)c3Nc3ccc(C)cc3)C2)cc1. The zero-order valence-corrected chi connectivity index (χ0v) is 20.1. The van der Waals surface area contributed by atoms with E-state index in [9.17, 15) is 14.3 Å². The minimum absolute atomic E-state index is 0.246. The maximum atomic E-state index is 13.6. The van der Waals surface area contributed by atoms with Crippen LogP contribution in [0.25, 0.3) is 11.3 Å². The zero-order valence-electron chi connectivity index (χ0n) is 20.1. The summed E-state index contributed by atoms with van der Waals surface area (Å²) in [4.78, 5) is 19.6. The molecule has 1 amide bonds. The van der Waals surface area contributed by atoms with Crippen LogP contribution < -0.4 is 10.1 Å². The Morgan fingerprint density at radius 1 is 1.03 bits per heavy atom. The van der Waals surface area contributed by atoms with E-state index in [1.807, 2.05) is 35.8 Å². The number of rotatable bonds is 6. The molecule has 4 aromatic rings. The molecule has 7 nitrogen and oxygen atoms in total. The number of methoxy groups -OCH3 is 1. The number of ether oxygens (including phenoxy) is 1. The van der Waals surface area contributed by atoms with Crippen molar-refractivity contribution in [1.82, 2.24) is 14.5 Å². The van der Waals surface area contributed by atoms with Crippen LogP contribution in [-0.2, 0) is 17.9 Å². The minimum Gasteiger partial charge on any atom is -0.497 e. The molecule has 36 heavy (non-hydrogen) atoms. The number of amides is 1. The quantitative estimate of drug-likeness (QED) is 0.408. The number of hydrogen-bond donors (Lipinski definition) is 2. The Labute approximate surface area is 208 Å². The van der Waals surface area contributed by atoms with Gasteiger partial charge in [0.1, 0.15) is 28.9 Å². The van der Waals surface area contributed by atoms with E-state index in [1.54, 1.807) is 48.4 Å². The minimum atomic E-state index is -1.28. The molecule has 0 saturated carbocycles. The number of nitrogens with one attached hydrogen (secondary N) is 1. The number of aromatic nitrogens is 2. The molecule has 1 unspecified atom stereocenters. The molecule has 0 aliphatic carbocycles. The van der Waals surface area contributed by atoms with E-state index >= 15 is 0 Å². The van der Waals surface area contributed by atoms with Gasteiger partial charge in [0, 0.05) is 24.3 Å². The number of carbonyl (C=O) groups is 1. The summed E-state index contributed by atoms with van der Waals surface area (Å²) in [6, 6.07) is 21.0. The maximum Gasteiger partial charge on any atom is 0.256 e. The highest BCUT2D eigenvalue weighted by Crippen LogP contribution is 2.34. The fourth-order valence-corrected chi connectivity index (χ4v) is 4.33. The molecule has 2 heterocycles. The zero-order chi connectivity index (χ0) is 25.2. The van der Waals surface area contributed by atoms with Gasteiger partial charge in [-0.2, -0.15) is 0 Å². The first-order valence-electron chi connectivity index (χ1n) is 11.7. The van der Waals surface area contributed by atoms with Gasteiger partial charge in [-0.25, -0.2) is 9.37 Å². The first-order valence-corrected chi connectivity index (χ1v) is 11.7. The number of halogens is 1. The molecule has 0 bridgehead atoms. The summed E-state index contributed by atoms with van der Waals surface area (Å²) in [5.74, 6) is 1.42. The average molecular weight is 487 g/mol. The van der Waals surface area contributed by atoms with Gasteiger partial charge in [-0.15, -0.1) is 0 Å². The second kappa shape index (κ2) is 9.83. The van der Waals surface area contributed by atoms with Crippen LogP contribution in [0, 0.1) is 12.7 Å². The molecule has 1 aliphatic heterocycles. The first kappa shape index (κ1) is 23.6. The third-order valence-electron chi connectivity index (χ3n) is 6.38.